The van der Waals surface area contributed by atoms with Crippen molar-refractivity contribution in [1.82, 2.24) is 20.2 Å². The fourth-order valence-corrected chi connectivity index (χ4v) is 4.51. The Bertz CT molecular complexity index is 1010. The molecule has 2 aromatic heterocycles. The van der Waals surface area contributed by atoms with Crippen molar-refractivity contribution in [1.29, 1.82) is 0 Å². The number of aromatic nitrogens is 2. The van der Waals surface area contributed by atoms with Crippen molar-refractivity contribution < 1.29 is 9.59 Å². The lowest BCUT2D eigenvalue weighted by Crippen LogP contribution is -2.45. The zero-order chi connectivity index (χ0) is 20.9. The van der Waals surface area contributed by atoms with Crippen LogP contribution in [0.1, 0.15) is 51.0 Å². The van der Waals surface area contributed by atoms with Crippen LogP contribution in [0.3, 0.4) is 0 Å². The summed E-state index contributed by atoms with van der Waals surface area (Å²) in [5.41, 5.74) is 4.56. The third-order valence-electron chi connectivity index (χ3n) is 5.55. The van der Waals surface area contributed by atoms with Gasteiger partial charge in [0.15, 0.2) is 0 Å². The van der Waals surface area contributed by atoms with Gasteiger partial charge in [0, 0.05) is 36.1 Å². The molecule has 154 valence electrons. The molecular formula is C23H24N4O2S. The predicted molar refractivity (Wildman–Crippen MR) is 116 cm³/mol. The van der Waals surface area contributed by atoms with Crippen LogP contribution in [0.25, 0.3) is 0 Å². The van der Waals surface area contributed by atoms with Gasteiger partial charge in [0.25, 0.3) is 11.8 Å². The Balaban J connectivity index is 1.57. The highest BCUT2D eigenvalue weighted by atomic mass is 32.1. The number of carbonyl (C=O) groups is 2. The standard InChI is InChI=1S/C23H24N4O2S/c1-16-7-2-3-9-18(16)22(28)26-21(19-10-4-5-11-24-19)17-8-6-12-27(13-17)23(29)20-14-30-15-25-20/h2-5,7,9-11,14-15,17,21H,6,8,12-13H2,1H3,(H,26,28)/t17-,21-/m1/s1. The minimum absolute atomic E-state index is 0.0500. The first kappa shape index (κ1) is 20.2. The van der Waals surface area contributed by atoms with E-state index in [4.69, 9.17) is 0 Å². The molecule has 1 aliphatic rings. The highest BCUT2D eigenvalue weighted by molar-refractivity contribution is 7.07. The highest BCUT2D eigenvalue weighted by Crippen LogP contribution is 2.30. The number of thiazole rings is 1. The molecule has 4 rings (SSSR count). The van der Waals surface area contributed by atoms with Gasteiger partial charge in [0.2, 0.25) is 0 Å². The van der Waals surface area contributed by atoms with E-state index in [2.05, 4.69) is 15.3 Å². The quantitative estimate of drug-likeness (QED) is 0.680. The van der Waals surface area contributed by atoms with Crippen LogP contribution in [0.2, 0.25) is 0 Å². The van der Waals surface area contributed by atoms with Gasteiger partial charge in [-0.2, -0.15) is 0 Å². The van der Waals surface area contributed by atoms with Gasteiger partial charge in [-0.05, 0) is 43.5 Å². The van der Waals surface area contributed by atoms with E-state index >= 15 is 0 Å². The van der Waals surface area contributed by atoms with Crippen LogP contribution in [-0.4, -0.2) is 39.8 Å². The Morgan fingerprint density at radius 1 is 1.17 bits per heavy atom. The lowest BCUT2D eigenvalue weighted by atomic mass is 9.88. The van der Waals surface area contributed by atoms with Gasteiger partial charge in [-0.25, -0.2) is 4.98 Å². The van der Waals surface area contributed by atoms with Crippen LogP contribution in [0.4, 0.5) is 0 Å². The monoisotopic (exact) mass is 420 g/mol. The van der Waals surface area contributed by atoms with Crippen molar-refractivity contribution in [2.45, 2.75) is 25.8 Å². The molecule has 2 amide bonds. The zero-order valence-corrected chi connectivity index (χ0v) is 17.6. The second-order valence-corrected chi connectivity index (χ2v) is 8.27. The third kappa shape index (κ3) is 4.41. The van der Waals surface area contributed by atoms with Gasteiger partial charge in [-0.1, -0.05) is 24.3 Å². The average molecular weight is 421 g/mol. The molecule has 1 N–H and O–H groups in total. The molecule has 0 saturated carbocycles. The number of pyridine rings is 1. The number of nitrogens with zero attached hydrogens (tertiary/aromatic N) is 3. The first-order chi connectivity index (χ1) is 14.6. The van der Waals surface area contributed by atoms with Crippen LogP contribution in [0, 0.1) is 12.8 Å². The number of amides is 2. The first-order valence-corrected chi connectivity index (χ1v) is 11.0. The Morgan fingerprint density at radius 2 is 2.00 bits per heavy atom. The largest absolute Gasteiger partial charge is 0.343 e. The van der Waals surface area contributed by atoms with Gasteiger partial charge >= 0.3 is 0 Å². The van der Waals surface area contributed by atoms with Crippen molar-refractivity contribution in [2.75, 3.05) is 13.1 Å². The molecule has 1 saturated heterocycles. The smallest absolute Gasteiger partial charge is 0.273 e. The topological polar surface area (TPSA) is 75.2 Å². The molecule has 0 bridgehead atoms. The van der Waals surface area contributed by atoms with E-state index in [-0.39, 0.29) is 23.8 Å². The molecule has 30 heavy (non-hydrogen) atoms. The summed E-state index contributed by atoms with van der Waals surface area (Å²) in [4.78, 5) is 36.4. The van der Waals surface area contributed by atoms with E-state index in [1.54, 1.807) is 17.1 Å². The molecule has 1 aliphatic heterocycles. The van der Waals surface area contributed by atoms with Crippen molar-refractivity contribution in [3.8, 4) is 0 Å². The summed E-state index contributed by atoms with van der Waals surface area (Å²) < 4.78 is 0. The molecule has 0 unspecified atom stereocenters. The fraction of sp³-hybridized carbons (Fsp3) is 0.304. The van der Waals surface area contributed by atoms with E-state index < -0.39 is 0 Å². The highest BCUT2D eigenvalue weighted by Gasteiger charge is 2.33. The molecule has 3 aromatic rings. The van der Waals surface area contributed by atoms with Crippen molar-refractivity contribution in [3.63, 3.8) is 0 Å². The van der Waals surface area contributed by atoms with Crippen LogP contribution in [-0.2, 0) is 0 Å². The molecule has 0 spiro atoms. The van der Waals surface area contributed by atoms with Crippen LogP contribution < -0.4 is 5.32 Å². The summed E-state index contributed by atoms with van der Waals surface area (Å²) >= 11 is 1.42. The van der Waals surface area contributed by atoms with Gasteiger partial charge < -0.3 is 10.2 Å². The number of carbonyl (C=O) groups excluding carboxylic acids is 2. The van der Waals surface area contributed by atoms with E-state index in [9.17, 15) is 9.59 Å². The van der Waals surface area contributed by atoms with Gasteiger partial charge in [-0.15, -0.1) is 11.3 Å². The van der Waals surface area contributed by atoms with Crippen molar-refractivity contribution in [2.24, 2.45) is 5.92 Å². The van der Waals surface area contributed by atoms with Crippen LogP contribution >= 0.6 is 11.3 Å². The summed E-state index contributed by atoms with van der Waals surface area (Å²) in [6.07, 6.45) is 3.53. The Hall–Kier alpha value is -3.06. The Kier molecular flexibility index (Phi) is 6.18. The van der Waals surface area contributed by atoms with Gasteiger partial charge in [-0.3, -0.25) is 14.6 Å². The predicted octanol–water partition coefficient (Wildman–Crippen LogP) is 3.87. The minimum Gasteiger partial charge on any atom is -0.343 e. The molecule has 3 heterocycles. The number of hydrogen-bond acceptors (Lipinski definition) is 5. The SMILES string of the molecule is Cc1ccccc1C(=O)N[C@@H](c1ccccn1)[C@@H]1CCCN(C(=O)c2cscn2)C1. The van der Waals surface area contributed by atoms with E-state index in [0.29, 0.717) is 24.3 Å². The summed E-state index contributed by atoms with van der Waals surface area (Å²) in [6.45, 7) is 3.19. The number of benzene rings is 1. The Labute approximate surface area is 180 Å². The van der Waals surface area contributed by atoms with E-state index in [1.165, 1.54) is 11.3 Å². The second-order valence-electron chi connectivity index (χ2n) is 7.55. The van der Waals surface area contributed by atoms with Crippen LogP contribution in [0.15, 0.2) is 59.6 Å². The number of hydrogen-bond donors (Lipinski definition) is 1. The summed E-state index contributed by atoms with van der Waals surface area (Å²) in [7, 11) is 0. The molecule has 0 aliphatic carbocycles. The maximum Gasteiger partial charge on any atom is 0.273 e. The first-order valence-electron chi connectivity index (χ1n) is 10.1. The maximum absolute atomic E-state index is 13.1. The van der Waals surface area contributed by atoms with Crippen molar-refractivity contribution >= 4 is 23.2 Å². The average Bonchev–Trinajstić information content (AvgIpc) is 3.33. The van der Waals surface area contributed by atoms with Crippen LogP contribution in [0.5, 0.6) is 0 Å². The number of likely N-dealkylation sites (tertiary alicyclic amines) is 1. The number of aryl methyl sites for hydroxylation is 1. The van der Waals surface area contributed by atoms with Crippen molar-refractivity contribution in [3.05, 3.63) is 82.1 Å². The second kappa shape index (κ2) is 9.17. The molecule has 1 fully saturated rings. The lowest BCUT2D eigenvalue weighted by Gasteiger charge is -2.37. The normalized spacial score (nSPS) is 17.4. The number of rotatable bonds is 5. The Morgan fingerprint density at radius 3 is 2.73 bits per heavy atom. The molecular weight excluding hydrogens is 396 g/mol. The third-order valence-corrected chi connectivity index (χ3v) is 6.14. The lowest BCUT2D eigenvalue weighted by molar-refractivity contribution is 0.0631. The summed E-state index contributed by atoms with van der Waals surface area (Å²) in [5.74, 6) is -0.0955. The maximum atomic E-state index is 13.1. The molecule has 7 heteroatoms. The minimum atomic E-state index is -0.274. The zero-order valence-electron chi connectivity index (χ0n) is 16.8. The fourth-order valence-electron chi connectivity index (χ4n) is 3.99. The molecule has 6 nitrogen and oxygen atoms in total. The number of nitrogens with one attached hydrogen (secondary N) is 1. The van der Waals surface area contributed by atoms with Gasteiger partial charge in [0.05, 0.1) is 17.2 Å². The molecule has 1 aromatic carbocycles. The van der Waals surface area contributed by atoms with Gasteiger partial charge in [0.1, 0.15) is 5.69 Å². The summed E-state index contributed by atoms with van der Waals surface area (Å²) in [6, 6.07) is 13.0. The van der Waals surface area contributed by atoms with E-state index in [1.807, 2.05) is 54.3 Å². The summed E-state index contributed by atoms with van der Waals surface area (Å²) in [5, 5.41) is 4.98. The van der Waals surface area contributed by atoms with E-state index in [0.717, 1.165) is 24.1 Å². The number of piperidine rings is 1. The molecule has 0 radical (unpaired) electrons. The molecule has 2 atom stereocenters.